The fraction of sp³-hybridized carbons (Fsp3) is 0.615. The predicted octanol–water partition coefficient (Wildman–Crippen LogP) is 2.81. The Morgan fingerprint density at radius 2 is 2.27 bits per heavy atom. The maximum atomic E-state index is 12.4. The Balaban J connectivity index is 1.77. The van der Waals surface area contributed by atoms with Crippen LogP contribution >= 0.6 is 27.3 Å². The Kier molecular flexibility index (Phi) is 6.10. The average molecular weight is 399 g/mol. The van der Waals surface area contributed by atoms with Gasteiger partial charge in [-0.1, -0.05) is 0 Å². The van der Waals surface area contributed by atoms with Gasteiger partial charge in [0.15, 0.2) is 5.96 Å². The number of likely N-dealkylation sites (tertiary alicyclic amines) is 1. The third-order valence-corrected chi connectivity index (χ3v) is 4.92. The molecule has 22 heavy (non-hydrogen) atoms. The highest BCUT2D eigenvalue weighted by Crippen LogP contribution is 2.22. The van der Waals surface area contributed by atoms with E-state index in [4.69, 9.17) is 0 Å². The average Bonchev–Trinajstić information content (AvgIpc) is 3.02. The molecule has 0 aliphatic carbocycles. The lowest BCUT2D eigenvalue weighted by Gasteiger charge is -2.19. The van der Waals surface area contributed by atoms with E-state index in [0.717, 1.165) is 8.66 Å². The summed E-state index contributed by atoms with van der Waals surface area (Å²) in [6.07, 6.45) is -3.46. The molecular formula is C13H18BrF3N4S. The number of hydrogen-bond acceptors (Lipinski definition) is 3. The van der Waals surface area contributed by atoms with Crippen molar-refractivity contribution in [2.24, 2.45) is 4.99 Å². The van der Waals surface area contributed by atoms with Crippen molar-refractivity contribution in [3.63, 3.8) is 0 Å². The topological polar surface area (TPSA) is 39.7 Å². The molecule has 1 aromatic rings. The molecule has 1 aliphatic rings. The van der Waals surface area contributed by atoms with E-state index < -0.39 is 12.7 Å². The standard InChI is InChI=1S/C13H18BrF3N4S/c1-18-12(19-6-10-2-3-11(14)22-10)20-9-4-5-21(7-9)8-13(15,16)17/h2-3,9H,4-8H2,1H3,(H2,18,19,20). The molecule has 2 heterocycles. The van der Waals surface area contributed by atoms with Crippen molar-refractivity contribution >= 4 is 33.2 Å². The number of hydrogen-bond donors (Lipinski definition) is 2. The van der Waals surface area contributed by atoms with Crippen molar-refractivity contribution in [2.45, 2.75) is 25.2 Å². The highest BCUT2D eigenvalue weighted by molar-refractivity contribution is 9.11. The summed E-state index contributed by atoms with van der Waals surface area (Å²) in [5.74, 6) is 0.614. The van der Waals surface area contributed by atoms with Crippen LogP contribution in [0.25, 0.3) is 0 Å². The second-order valence-corrected chi connectivity index (χ2v) is 7.66. The minimum atomic E-state index is -4.14. The van der Waals surface area contributed by atoms with Gasteiger partial charge in [-0.25, -0.2) is 0 Å². The fourth-order valence-electron chi connectivity index (χ4n) is 2.35. The summed E-state index contributed by atoms with van der Waals surface area (Å²) >= 11 is 5.03. The summed E-state index contributed by atoms with van der Waals surface area (Å²) < 4.78 is 38.2. The van der Waals surface area contributed by atoms with Crippen LogP contribution in [0, 0.1) is 0 Å². The first-order valence-corrected chi connectivity index (χ1v) is 8.47. The minimum absolute atomic E-state index is 0.0105. The zero-order valence-corrected chi connectivity index (χ0v) is 14.5. The van der Waals surface area contributed by atoms with Gasteiger partial charge in [0, 0.05) is 31.1 Å². The third kappa shape index (κ3) is 5.77. The normalized spacial score (nSPS) is 20.4. The number of nitrogens with one attached hydrogen (secondary N) is 2. The number of halogens is 4. The lowest BCUT2D eigenvalue weighted by molar-refractivity contribution is -0.143. The first-order chi connectivity index (χ1) is 10.4. The molecule has 1 aliphatic heterocycles. The van der Waals surface area contributed by atoms with Gasteiger partial charge in [0.1, 0.15) is 0 Å². The van der Waals surface area contributed by atoms with Crippen LogP contribution in [0.3, 0.4) is 0 Å². The van der Waals surface area contributed by atoms with Crippen LogP contribution in [0.5, 0.6) is 0 Å². The minimum Gasteiger partial charge on any atom is -0.352 e. The van der Waals surface area contributed by atoms with E-state index in [1.807, 2.05) is 12.1 Å². The van der Waals surface area contributed by atoms with E-state index in [-0.39, 0.29) is 6.04 Å². The van der Waals surface area contributed by atoms with Crippen LogP contribution in [0.15, 0.2) is 20.9 Å². The van der Waals surface area contributed by atoms with Crippen LogP contribution in [0.4, 0.5) is 13.2 Å². The van der Waals surface area contributed by atoms with Crippen molar-refractivity contribution in [3.8, 4) is 0 Å². The summed E-state index contributed by atoms with van der Waals surface area (Å²) in [6.45, 7) is 0.617. The molecule has 1 aromatic heterocycles. The molecule has 0 aromatic carbocycles. The number of thiophene rings is 1. The van der Waals surface area contributed by atoms with Crippen LogP contribution in [0.1, 0.15) is 11.3 Å². The highest BCUT2D eigenvalue weighted by atomic mass is 79.9. The maximum absolute atomic E-state index is 12.4. The van der Waals surface area contributed by atoms with Crippen LogP contribution in [-0.2, 0) is 6.54 Å². The molecule has 4 nitrogen and oxygen atoms in total. The monoisotopic (exact) mass is 398 g/mol. The Morgan fingerprint density at radius 3 is 2.86 bits per heavy atom. The molecule has 0 bridgehead atoms. The van der Waals surface area contributed by atoms with Gasteiger partial charge >= 0.3 is 6.18 Å². The first kappa shape index (κ1) is 17.6. The molecule has 0 amide bonds. The second-order valence-electron chi connectivity index (χ2n) is 5.11. The molecule has 0 radical (unpaired) electrons. The van der Waals surface area contributed by atoms with Crippen LogP contribution in [-0.4, -0.2) is 49.8 Å². The lowest BCUT2D eigenvalue weighted by Crippen LogP contribution is -2.44. The molecule has 0 spiro atoms. The smallest absolute Gasteiger partial charge is 0.352 e. The van der Waals surface area contributed by atoms with Crippen molar-refractivity contribution in [1.29, 1.82) is 0 Å². The molecular weight excluding hydrogens is 381 g/mol. The van der Waals surface area contributed by atoms with Gasteiger partial charge in [0.05, 0.1) is 16.9 Å². The second kappa shape index (κ2) is 7.65. The number of nitrogens with zero attached hydrogens (tertiary/aromatic N) is 2. The molecule has 1 saturated heterocycles. The molecule has 1 atom stereocenters. The maximum Gasteiger partial charge on any atom is 0.401 e. The highest BCUT2D eigenvalue weighted by Gasteiger charge is 2.34. The Bertz CT molecular complexity index is 518. The third-order valence-electron chi connectivity index (χ3n) is 3.30. The zero-order chi connectivity index (χ0) is 16.2. The number of guanidine groups is 1. The van der Waals surface area contributed by atoms with E-state index in [2.05, 4.69) is 31.6 Å². The number of rotatable bonds is 4. The molecule has 2 N–H and O–H groups in total. The molecule has 124 valence electrons. The summed E-state index contributed by atoms with van der Waals surface area (Å²) in [6, 6.07) is 3.98. The van der Waals surface area contributed by atoms with Crippen LogP contribution in [0.2, 0.25) is 0 Å². The predicted molar refractivity (Wildman–Crippen MR) is 86.3 cm³/mol. The molecule has 1 fully saturated rings. The summed E-state index contributed by atoms with van der Waals surface area (Å²) in [7, 11) is 1.65. The summed E-state index contributed by atoms with van der Waals surface area (Å²) in [5.41, 5.74) is 0. The van der Waals surface area contributed by atoms with E-state index in [1.54, 1.807) is 18.4 Å². The molecule has 0 saturated carbocycles. The Hall–Kier alpha value is -0.800. The van der Waals surface area contributed by atoms with E-state index >= 15 is 0 Å². The van der Waals surface area contributed by atoms with Gasteiger partial charge in [-0.2, -0.15) is 13.2 Å². The van der Waals surface area contributed by atoms with Gasteiger partial charge in [-0.15, -0.1) is 11.3 Å². The van der Waals surface area contributed by atoms with Crippen molar-refractivity contribution < 1.29 is 13.2 Å². The van der Waals surface area contributed by atoms with Gasteiger partial charge in [0.25, 0.3) is 0 Å². The summed E-state index contributed by atoms with van der Waals surface area (Å²) in [4.78, 5) is 6.69. The Labute approximate surface area is 139 Å². The molecule has 9 heteroatoms. The van der Waals surface area contributed by atoms with Crippen molar-refractivity contribution in [3.05, 3.63) is 20.8 Å². The molecule has 2 rings (SSSR count). The Morgan fingerprint density at radius 1 is 1.50 bits per heavy atom. The van der Waals surface area contributed by atoms with Crippen molar-refractivity contribution in [2.75, 3.05) is 26.7 Å². The van der Waals surface area contributed by atoms with Gasteiger partial charge in [0.2, 0.25) is 0 Å². The fourth-order valence-corrected chi connectivity index (χ4v) is 3.78. The summed E-state index contributed by atoms with van der Waals surface area (Å²) in [5, 5.41) is 6.36. The first-order valence-electron chi connectivity index (χ1n) is 6.86. The van der Waals surface area contributed by atoms with E-state index in [9.17, 15) is 13.2 Å². The SMILES string of the molecule is CN=C(NCc1ccc(Br)s1)NC1CCN(CC(F)(F)F)C1. The number of aliphatic imine (C=N–C) groups is 1. The van der Waals surface area contributed by atoms with Crippen molar-refractivity contribution in [1.82, 2.24) is 15.5 Å². The van der Waals surface area contributed by atoms with Gasteiger partial charge in [-0.05, 0) is 34.5 Å². The lowest BCUT2D eigenvalue weighted by atomic mass is 10.3. The quantitative estimate of drug-likeness (QED) is 0.604. The zero-order valence-electron chi connectivity index (χ0n) is 12.1. The van der Waals surface area contributed by atoms with Gasteiger partial charge < -0.3 is 10.6 Å². The van der Waals surface area contributed by atoms with E-state index in [1.165, 1.54) is 4.90 Å². The van der Waals surface area contributed by atoms with Gasteiger partial charge in [-0.3, -0.25) is 9.89 Å². The van der Waals surface area contributed by atoms with Crippen LogP contribution < -0.4 is 10.6 Å². The van der Waals surface area contributed by atoms with E-state index in [0.29, 0.717) is 32.0 Å². The largest absolute Gasteiger partial charge is 0.401 e. The molecule has 1 unspecified atom stereocenters. The number of alkyl halides is 3.